The second-order valence-corrected chi connectivity index (χ2v) is 8.87. The number of Topliss-reactive ketones (excluding diaryl/α,β-unsaturated/α-hetero) is 1. The quantitative estimate of drug-likeness (QED) is 0.470. The molecule has 4 nitrogen and oxygen atoms in total. The molecule has 1 amide bonds. The molecule has 3 aromatic rings. The molecule has 0 aliphatic carbocycles. The Morgan fingerprint density at radius 2 is 1.74 bits per heavy atom. The van der Waals surface area contributed by atoms with Crippen molar-refractivity contribution in [2.45, 2.75) is 17.2 Å². The zero-order valence-corrected chi connectivity index (χ0v) is 16.5. The summed E-state index contributed by atoms with van der Waals surface area (Å²) in [6.07, 6.45) is 1.48. The van der Waals surface area contributed by atoms with E-state index in [1.807, 2.05) is 59.5 Å². The van der Waals surface area contributed by atoms with Gasteiger partial charge in [-0.25, -0.2) is 4.98 Å². The van der Waals surface area contributed by atoms with Crippen LogP contribution < -0.4 is 0 Å². The van der Waals surface area contributed by atoms with Crippen molar-refractivity contribution in [1.29, 1.82) is 0 Å². The number of aromatic nitrogens is 1. The van der Waals surface area contributed by atoms with Gasteiger partial charge in [-0.05, 0) is 25.0 Å². The van der Waals surface area contributed by atoms with Gasteiger partial charge in [0.25, 0.3) is 0 Å². The number of thioether (sulfide) groups is 1. The summed E-state index contributed by atoms with van der Waals surface area (Å²) in [5.74, 6) is 0.752. The number of nitrogens with zero attached hydrogens (tertiary/aromatic N) is 2. The largest absolute Gasteiger partial charge is 0.342 e. The molecular weight excluding hydrogens is 376 g/mol. The second-order valence-electron chi connectivity index (χ2n) is 6.62. The number of hydrogen-bond acceptors (Lipinski definition) is 5. The zero-order chi connectivity index (χ0) is 18.6. The number of hydrogen-bond donors (Lipinski definition) is 0. The molecule has 1 fully saturated rings. The van der Waals surface area contributed by atoms with Crippen LogP contribution in [0.4, 0.5) is 0 Å². The van der Waals surface area contributed by atoms with Crippen molar-refractivity contribution >= 4 is 45.0 Å². The first kappa shape index (κ1) is 18.2. The van der Waals surface area contributed by atoms with E-state index in [1.165, 1.54) is 11.8 Å². The molecule has 2 heterocycles. The molecule has 0 unspecified atom stereocenters. The Labute approximate surface area is 166 Å². The standard InChI is InChI=1S/C21H20N2O2S2/c24-19(14-26-21-22-17-8-4-5-9-18(17)27-21)23-12-10-16(11-13-23)20(25)15-6-2-1-3-7-15/h1-9,16H,10-14H2. The fourth-order valence-electron chi connectivity index (χ4n) is 3.36. The van der Waals surface area contributed by atoms with Crippen molar-refractivity contribution in [3.8, 4) is 0 Å². The fourth-order valence-corrected chi connectivity index (χ4v) is 5.33. The molecule has 0 spiro atoms. The van der Waals surface area contributed by atoms with Gasteiger partial charge in [0, 0.05) is 24.6 Å². The third-order valence-corrected chi connectivity index (χ3v) is 7.03. The van der Waals surface area contributed by atoms with E-state index in [2.05, 4.69) is 4.98 Å². The minimum absolute atomic E-state index is 0.0216. The van der Waals surface area contributed by atoms with E-state index in [9.17, 15) is 9.59 Å². The van der Waals surface area contributed by atoms with Gasteiger partial charge in [-0.1, -0.05) is 54.2 Å². The molecule has 1 aliphatic heterocycles. The highest BCUT2D eigenvalue weighted by atomic mass is 32.2. The maximum atomic E-state index is 12.6. The van der Waals surface area contributed by atoms with Crippen LogP contribution in [-0.2, 0) is 4.79 Å². The first-order valence-corrected chi connectivity index (χ1v) is 10.9. The van der Waals surface area contributed by atoms with Crippen LogP contribution in [0.15, 0.2) is 58.9 Å². The Hall–Kier alpha value is -2.18. The minimum Gasteiger partial charge on any atom is -0.342 e. The third kappa shape index (κ3) is 4.22. The molecule has 2 aromatic carbocycles. The lowest BCUT2D eigenvalue weighted by molar-refractivity contribution is -0.129. The summed E-state index contributed by atoms with van der Waals surface area (Å²) in [7, 11) is 0. The topological polar surface area (TPSA) is 50.3 Å². The van der Waals surface area contributed by atoms with Crippen LogP contribution in [0, 0.1) is 5.92 Å². The van der Waals surface area contributed by atoms with Gasteiger partial charge in [-0.15, -0.1) is 11.3 Å². The van der Waals surface area contributed by atoms with Crippen LogP contribution in [0.3, 0.4) is 0 Å². The molecule has 1 saturated heterocycles. The Kier molecular flexibility index (Phi) is 5.55. The Morgan fingerprint density at radius 3 is 2.48 bits per heavy atom. The first-order valence-electron chi connectivity index (χ1n) is 9.06. The van der Waals surface area contributed by atoms with E-state index >= 15 is 0 Å². The summed E-state index contributed by atoms with van der Waals surface area (Å²) in [6.45, 7) is 1.31. The number of likely N-dealkylation sites (tertiary alicyclic amines) is 1. The lowest BCUT2D eigenvalue weighted by Crippen LogP contribution is -2.41. The van der Waals surface area contributed by atoms with Gasteiger partial charge in [-0.3, -0.25) is 9.59 Å². The van der Waals surface area contributed by atoms with Gasteiger partial charge in [0.05, 0.1) is 16.0 Å². The number of para-hydroxylation sites is 1. The highest BCUT2D eigenvalue weighted by Crippen LogP contribution is 2.30. The van der Waals surface area contributed by atoms with Crippen molar-refractivity contribution in [3.05, 3.63) is 60.2 Å². The van der Waals surface area contributed by atoms with E-state index in [0.29, 0.717) is 18.8 Å². The predicted molar refractivity (Wildman–Crippen MR) is 110 cm³/mol. The Balaban J connectivity index is 1.29. The van der Waals surface area contributed by atoms with Crippen molar-refractivity contribution in [1.82, 2.24) is 9.88 Å². The van der Waals surface area contributed by atoms with Gasteiger partial charge >= 0.3 is 0 Å². The van der Waals surface area contributed by atoms with Crippen LogP contribution in [-0.4, -0.2) is 40.4 Å². The summed E-state index contributed by atoms with van der Waals surface area (Å²) in [5, 5.41) is 0. The summed E-state index contributed by atoms with van der Waals surface area (Å²) in [6, 6.07) is 17.5. The lowest BCUT2D eigenvalue weighted by atomic mass is 9.89. The number of carbonyl (C=O) groups is 2. The maximum absolute atomic E-state index is 12.6. The number of thiazole rings is 1. The fraction of sp³-hybridized carbons (Fsp3) is 0.286. The molecule has 0 N–H and O–H groups in total. The van der Waals surface area contributed by atoms with Crippen molar-refractivity contribution in [3.63, 3.8) is 0 Å². The summed E-state index contributed by atoms with van der Waals surface area (Å²) >= 11 is 3.13. The van der Waals surface area contributed by atoms with Crippen molar-refractivity contribution in [2.24, 2.45) is 5.92 Å². The predicted octanol–water partition coefficient (Wildman–Crippen LogP) is 4.51. The summed E-state index contributed by atoms with van der Waals surface area (Å²) in [4.78, 5) is 31.5. The monoisotopic (exact) mass is 396 g/mol. The van der Waals surface area contributed by atoms with Crippen LogP contribution >= 0.6 is 23.1 Å². The SMILES string of the molecule is O=C(c1ccccc1)C1CCN(C(=O)CSc2nc3ccccc3s2)CC1. The Bertz CT molecular complexity index is 914. The van der Waals surface area contributed by atoms with Gasteiger partial charge in [-0.2, -0.15) is 0 Å². The van der Waals surface area contributed by atoms with Gasteiger partial charge in [0.2, 0.25) is 5.91 Å². The van der Waals surface area contributed by atoms with Gasteiger partial charge < -0.3 is 4.90 Å². The number of amides is 1. The smallest absolute Gasteiger partial charge is 0.233 e. The highest BCUT2D eigenvalue weighted by molar-refractivity contribution is 8.01. The molecule has 0 atom stereocenters. The van der Waals surface area contributed by atoms with Crippen LogP contribution in [0.5, 0.6) is 0 Å². The Morgan fingerprint density at radius 1 is 1.04 bits per heavy atom. The minimum atomic E-state index is 0.0216. The molecule has 0 saturated carbocycles. The van der Waals surface area contributed by atoms with E-state index in [1.54, 1.807) is 11.3 Å². The molecule has 27 heavy (non-hydrogen) atoms. The molecule has 1 aliphatic rings. The van der Waals surface area contributed by atoms with E-state index in [0.717, 1.165) is 33.0 Å². The molecule has 138 valence electrons. The van der Waals surface area contributed by atoms with Gasteiger partial charge in [0.15, 0.2) is 10.1 Å². The summed E-state index contributed by atoms with van der Waals surface area (Å²) < 4.78 is 2.08. The third-order valence-electron chi connectivity index (χ3n) is 4.87. The van der Waals surface area contributed by atoms with Crippen molar-refractivity contribution < 1.29 is 9.59 Å². The number of rotatable bonds is 5. The molecule has 4 rings (SSSR count). The molecule has 0 radical (unpaired) electrons. The van der Waals surface area contributed by atoms with E-state index < -0.39 is 0 Å². The zero-order valence-electron chi connectivity index (χ0n) is 14.8. The lowest BCUT2D eigenvalue weighted by Gasteiger charge is -2.31. The molecule has 0 bridgehead atoms. The average Bonchev–Trinajstić information content (AvgIpc) is 3.15. The van der Waals surface area contributed by atoms with E-state index in [-0.39, 0.29) is 17.6 Å². The number of carbonyl (C=O) groups excluding carboxylic acids is 2. The van der Waals surface area contributed by atoms with Crippen LogP contribution in [0.2, 0.25) is 0 Å². The van der Waals surface area contributed by atoms with Gasteiger partial charge in [0.1, 0.15) is 0 Å². The highest BCUT2D eigenvalue weighted by Gasteiger charge is 2.27. The normalized spacial score (nSPS) is 15.2. The average molecular weight is 397 g/mol. The van der Waals surface area contributed by atoms with Crippen LogP contribution in [0.1, 0.15) is 23.2 Å². The summed E-state index contributed by atoms with van der Waals surface area (Å²) in [5.41, 5.74) is 1.76. The number of benzene rings is 2. The number of piperidine rings is 1. The van der Waals surface area contributed by atoms with Crippen LogP contribution in [0.25, 0.3) is 10.2 Å². The van der Waals surface area contributed by atoms with E-state index in [4.69, 9.17) is 0 Å². The molecule has 6 heteroatoms. The number of ketones is 1. The first-order chi connectivity index (χ1) is 13.2. The maximum Gasteiger partial charge on any atom is 0.233 e. The number of fused-ring (bicyclic) bond motifs is 1. The molecular formula is C21H20N2O2S2. The molecule has 1 aromatic heterocycles. The van der Waals surface area contributed by atoms with Crippen molar-refractivity contribution in [2.75, 3.05) is 18.8 Å². The second kappa shape index (κ2) is 8.23.